The first-order valence-corrected chi connectivity index (χ1v) is 5.50. The Morgan fingerprint density at radius 1 is 1.53 bits per heavy atom. The van der Waals surface area contributed by atoms with Crippen LogP contribution in [0.1, 0.15) is 18.9 Å². The van der Waals surface area contributed by atoms with Crippen molar-refractivity contribution in [2.45, 2.75) is 25.4 Å². The number of hydrogen-bond acceptors (Lipinski definition) is 3. The van der Waals surface area contributed by atoms with Crippen molar-refractivity contribution < 1.29 is 14.2 Å². The van der Waals surface area contributed by atoms with Crippen molar-refractivity contribution in [3.8, 4) is 6.07 Å². The molecule has 92 valence electrons. The summed E-state index contributed by atoms with van der Waals surface area (Å²) in [6, 6.07) is 8.20. The van der Waals surface area contributed by atoms with E-state index in [-0.39, 0.29) is 12.4 Å². The van der Waals surface area contributed by atoms with Gasteiger partial charge >= 0.3 is 0 Å². The minimum atomic E-state index is -0.983. The maximum atomic E-state index is 13.0. The van der Waals surface area contributed by atoms with Crippen LogP contribution >= 0.6 is 0 Å². The summed E-state index contributed by atoms with van der Waals surface area (Å²) in [5.41, 5.74) is -0.263. The number of halogens is 1. The van der Waals surface area contributed by atoms with Gasteiger partial charge in [-0.1, -0.05) is 12.1 Å². The van der Waals surface area contributed by atoms with E-state index in [4.69, 9.17) is 15.1 Å². The van der Waals surface area contributed by atoms with E-state index in [0.717, 1.165) is 5.56 Å². The summed E-state index contributed by atoms with van der Waals surface area (Å²) in [4.78, 5) is 0. The van der Waals surface area contributed by atoms with Gasteiger partial charge in [0.2, 0.25) is 0 Å². The van der Waals surface area contributed by atoms with Crippen LogP contribution in [0, 0.1) is 17.1 Å². The Labute approximate surface area is 100 Å². The second kappa shape index (κ2) is 6.33. The van der Waals surface area contributed by atoms with Gasteiger partial charge in [-0.15, -0.1) is 0 Å². The van der Waals surface area contributed by atoms with Crippen molar-refractivity contribution in [2.24, 2.45) is 0 Å². The van der Waals surface area contributed by atoms with Gasteiger partial charge < -0.3 is 9.84 Å². The zero-order valence-electron chi connectivity index (χ0n) is 9.82. The van der Waals surface area contributed by atoms with Crippen LogP contribution in [0.4, 0.5) is 4.39 Å². The molecule has 0 aliphatic rings. The Kier molecular flexibility index (Phi) is 5.08. The molecule has 4 heteroatoms. The highest BCUT2D eigenvalue weighted by molar-refractivity contribution is 5.20. The molecule has 0 aromatic heterocycles. The molecule has 0 saturated heterocycles. The lowest BCUT2D eigenvalue weighted by atomic mass is 9.97. The van der Waals surface area contributed by atoms with Crippen LogP contribution in [-0.2, 0) is 11.2 Å². The van der Waals surface area contributed by atoms with Gasteiger partial charge in [-0.3, -0.25) is 0 Å². The average Bonchev–Trinajstić information content (AvgIpc) is 2.29. The van der Waals surface area contributed by atoms with Crippen LogP contribution in [0.25, 0.3) is 0 Å². The van der Waals surface area contributed by atoms with Crippen LogP contribution in [0.15, 0.2) is 24.3 Å². The van der Waals surface area contributed by atoms with E-state index < -0.39 is 5.60 Å². The molecule has 17 heavy (non-hydrogen) atoms. The molecule has 1 N–H and O–H groups in total. The zero-order valence-corrected chi connectivity index (χ0v) is 9.82. The molecular weight excluding hydrogens is 221 g/mol. The molecule has 0 radical (unpaired) electrons. The number of ether oxygens (including phenoxy) is 1. The fourth-order valence-electron chi connectivity index (χ4n) is 1.52. The lowest BCUT2D eigenvalue weighted by molar-refractivity contribution is 0.00515. The molecule has 0 bridgehead atoms. The Bertz CT molecular complexity index is 403. The second-order valence-corrected chi connectivity index (χ2v) is 4.07. The second-order valence-electron chi connectivity index (χ2n) is 4.07. The van der Waals surface area contributed by atoms with E-state index in [2.05, 4.69) is 6.07 Å². The number of aliphatic hydroxyl groups is 1. The monoisotopic (exact) mass is 237 g/mol. The molecule has 0 fully saturated rings. The van der Waals surface area contributed by atoms with Gasteiger partial charge in [-0.05, 0) is 31.0 Å². The summed E-state index contributed by atoms with van der Waals surface area (Å²) in [7, 11) is 0. The summed E-state index contributed by atoms with van der Waals surface area (Å²) >= 11 is 0. The Morgan fingerprint density at radius 3 is 2.88 bits per heavy atom. The maximum Gasteiger partial charge on any atom is 0.155 e. The molecule has 1 atom stereocenters. The van der Waals surface area contributed by atoms with Crippen molar-refractivity contribution in [3.63, 3.8) is 0 Å². The molecule has 0 heterocycles. The van der Waals surface area contributed by atoms with Crippen LogP contribution in [0.3, 0.4) is 0 Å². The predicted octanol–water partition coefficient (Wildman–Crippen LogP) is 2.05. The standard InChI is InChI=1S/C13H16FNO2/c1-13(10-15,17-7-3-6-16)9-11-4-2-5-12(14)8-11/h2,4-5,8,16H,3,6-7,9H2,1H3. The van der Waals surface area contributed by atoms with Crippen molar-refractivity contribution >= 4 is 0 Å². The molecule has 0 aliphatic carbocycles. The number of rotatable bonds is 6. The minimum Gasteiger partial charge on any atom is -0.396 e. The summed E-state index contributed by atoms with van der Waals surface area (Å²) in [6.07, 6.45) is 0.813. The lowest BCUT2D eigenvalue weighted by Crippen LogP contribution is -2.30. The highest BCUT2D eigenvalue weighted by Gasteiger charge is 2.25. The van der Waals surface area contributed by atoms with E-state index in [9.17, 15) is 4.39 Å². The fraction of sp³-hybridized carbons (Fsp3) is 0.462. The molecule has 1 unspecified atom stereocenters. The lowest BCUT2D eigenvalue weighted by Gasteiger charge is -2.22. The van der Waals surface area contributed by atoms with Crippen LogP contribution in [0.5, 0.6) is 0 Å². The zero-order chi connectivity index (χ0) is 12.7. The Hall–Kier alpha value is -1.44. The first kappa shape index (κ1) is 13.6. The van der Waals surface area contributed by atoms with Crippen molar-refractivity contribution in [2.75, 3.05) is 13.2 Å². The Morgan fingerprint density at radius 2 is 2.29 bits per heavy atom. The van der Waals surface area contributed by atoms with Gasteiger partial charge in [0.15, 0.2) is 5.60 Å². The summed E-state index contributed by atoms with van der Waals surface area (Å²) in [5, 5.41) is 17.7. The third kappa shape index (κ3) is 4.51. The minimum absolute atomic E-state index is 0.0292. The first-order chi connectivity index (χ1) is 8.09. The number of aliphatic hydroxyl groups excluding tert-OH is 1. The number of nitriles is 1. The largest absolute Gasteiger partial charge is 0.396 e. The summed E-state index contributed by atoms with van der Waals surface area (Å²) < 4.78 is 18.4. The van der Waals surface area contributed by atoms with Crippen LogP contribution < -0.4 is 0 Å². The third-order valence-corrected chi connectivity index (χ3v) is 2.39. The molecule has 1 aromatic rings. The maximum absolute atomic E-state index is 13.0. The highest BCUT2D eigenvalue weighted by Crippen LogP contribution is 2.18. The van der Waals surface area contributed by atoms with E-state index in [1.54, 1.807) is 19.1 Å². The number of benzene rings is 1. The SMILES string of the molecule is CC(C#N)(Cc1cccc(F)c1)OCCCO. The summed E-state index contributed by atoms with van der Waals surface area (Å²) in [5.74, 6) is -0.321. The quantitative estimate of drug-likeness (QED) is 0.770. The van der Waals surface area contributed by atoms with E-state index in [1.807, 2.05) is 0 Å². The number of hydrogen-bond donors (Lipinski definition) is 1. The molecule has 0 spiro atoms. The van der Waals surface area contributed by atoms with E-state index in [0.29, 0.717) is 19.4 Å². The molecule has 3 nitrogen and oxygen atoms in total. The van der Waals surface area contributed by atoms with Gasteiger partial charge in [0.05, 0.1) is 12.7 Å². The molecule has 0 saturated carbocycles. The normalized spacial score (nSPS) is 14.0. The average molecular weight is 237 g/mol. The first-order valence-electron chi connectivity index (χ1n) is 5.50. The van der Waals surface area contributed by atoms with Gasteiger partial charge in [0.25, 0.3) is 0 Å². The molecular formula is C13H16FNO2. The smallest absolute Gasteiger partial charge is 0.155 e. The van der Waals surface area contributed by atoms with Crippen LogP contribution in [0.2, 0.25) is 0 Å². The molecule has 1 aromatic carbocycles. The van der Waals surface area contributed by atoms with Crippen molar-refractivity contribution in [1.29, 1.82) is 5.26 Å². The topological polar surface area (TPSA) is 53.2 Å². The molecule has 0 aliphatic heterocycles. The molecule has 1 rings (SSSR count). The fourth-order valence-corrected chi connectivity index (χ4v) is 1.52. The van der Waals surface area contributed by atoms with Gasteiger partial charge in [-0.2, -0.15) is 5.26 Å². The Balaban J connectivity index is 2.65. The number of nitrogens with zero attached hydrogens (tertiary/aromatic N) is 1. The van der Waals surface area contributed by atoms with Crippen molar-refractivity contribution in [1.82, 2.24) is 0 Å². The predicted molar refractivity (Wildman–Crippen MR) is 61.8 cm³/mol. The summed E-state index contributed by atoms with van der Waals surface area (Å²) in [6.45, 7) is 2.01. The highest BCUT2D eigenvalue weighted by atomic mass is 19.1. The van der Waals surface area contributed by atoms with Gasteiger partial charge in [-0.25, -0.2) is 4.39 Å². The van der Waals surface area contributed by atoms with Gasteiger partial charge in [0.1, 0.15) is 5.82 Å². The van der Waals surface area contributed by atoms with E-state index in [1.165, 1.54) is 12.1 Å². The van der Waals surface area contributed by atoms with E-state index >= 15 is 0 Å². The third-order valence-electron chi connectivity index (χ3n) is 2.39. The van der Waals surface area contributed by atoms with Crippen molar-refractivity contribution in [3.05, 3.63) is 35.6 Å². The van der Waals surface area contributed by atoms with Gasteiger partial charge in [0, 0.05) is 13.0 Å². The van der Waals surface area contributed by atoms with Crippen LogP contribution in [-0.4, -0.2) is 23.9 Å². The molecule has 0 amide bonds.